The zero-order valence-corrected chi connectivity index (χ0v) is 11.1. The van der Waals surface area contributed by atoms with Gasteiger partial charge in [0, 0.05) is 12.1 Å². The van der Waals surface area contributed by atoms with E-state index in [2.05, 4.69) is 0 Å². The lowest BCUT2D eigenvalue weighted by Gasteiger charge is -2.11. The van der Waals surface area contributed by atoms with E-state index in [0.717, 1.165) is 5.56 Å². The molecule has 1 aromatic rings. The zero-order valence-electron chi connectivity index (χ0n) is 11.1. The van der Waals surface area contributed by atoms with Crippen molar-refractivity contribution in [3.05, 3.63) is 29.8 Å². The van der Waals surface area contributed by atoms with Crippen LogP contribution in [0.2, 0.25) is 0 Å². The number of aryl methyl sites for hydroxylation is 1. The summed E-state index contributed by atoms with van der Waals surface area (Å²) in [4.78, 5) is 33.3. The predicted molar refractivity (Wildman–Crippen MR) is 72.5 cm³/mol. The molecule has 3 amide bonds. The van der Waals surface area contributed by atoms with Crippen molar-refractivity contribution in [3.63, 3.8) is 0 Å². The monoisotopic (exact) mass is 279 g/mol. The van der Waals surface area contributed by atoms with Crippen LogP contribution >= 0.6 is 0 Å². The Labute approximate surface area is 116 Å². The minimum absolute atomic E-state index is 0.109. The van der Waals surface area contributed by atoms with Crippen LogP contribution in [0.4, 0.5) is 10.5 Å². The van der Waals surface area contributed by atoms with Gasteiger partial charge in [0.05, 0.1) is 0 Å². The van der Waals surface area contributed by atoms with E-state index in [1.807, 2.05) is 11.4 Å². The van der Waals surface area contributed by atoms with Crippen molar-refractivity contribution in [1.29, 1.82) is 0 Å². The first-order chi connectivity index (χ1) is 9.38. The average molecular weight is 279 g/mol. The summed E-state index contributed by atoms with van der Waals surface area (Å²) in [5, 5.41) is 1.84. The van der Waals surface area contributed by atoms with E-state index in [-0.39, 0.29) is 6.42 Å². The van der Waals surface area contributed by atoms with Crippen LogP contribution in [0.1, 0.15) is 18.9 Å². The first-order valence-electron chi connectivity index (χ1n) is 6.02. The number of carbonyl (C=O) groups is 3. The third-order valence-corrected chi connectivity index (χ3v) is 2.49. The minimum atomic E-state index is -1.07. The number of nitrogens with one attached hydrogen (secondary N) is 1. The molecule has 0 bridgehead atoms. The molecule has 0 radical (unpaired) electrons. The number of hydrogen-bond acceptors (Lipinski definition) is 5. The topological polar surface area (TPSA) is 125 Å². The predicted octanol–water partition coefficient (Wildman–Crippen LogP) is 0.328. The molecule has 0 aromatic heterocycles. The molecule has 0 fully saturated rings. The SMILES string of the molecule is CC(OC(=O)CCc1cccc(N)c1)C(=O)NC(N)=O. The van der Waals surface area contributed by atoms with Gasteiger partial charge in [-0.15, -0.1) is 0 Å². The van der Waals surface area contributed by atoms with Gasteiger partial charge in [0.2, 0.25) is 0 Å². The number of amides is 3. The van der Waals surface area contributed by atoms with Crippen LogP contribution in [0, 0.1) is 0 Å². The third-order valence-electron chi connectivity index (χ3n) is 2.49. The molecule has 0 heterocycles. The van der Waals surface area contributed by atoms with Gasteiger partial charge in [0.25, 0.3) is 5.91 Å². The van der Waals surface area contributed by atoms with E-state index in [1.54, 1.807) is 18.2 Å². The maximum absolute atomic E-state index is 11.6. The van der Waals surface area contributed by atoms with Crippen molar-refractivity contribution in [2.24, 2.45) is 5.73 Å². The molecule has 0 saturated carbocycles. The molecule has 108 valence electrons. The lowest BCUT2D eigenvalue weighted by molar-refractivity contribution is -0.154. The fourth-order valence-electron chi connectivity index (χ4n) is 1.53. The van der Waals surface area contributed by atoms with Crippen LogP contribution in [-0.4, -0.2) is 24.0 Å². The second-order valence-corrected chi connectivity index (χ2v) is 4.23. The number of imide groups is 1. The molecule has 20 heavy (non-hydrogen) atoms. The number of urea groups is 1. The molecule has 1 aromatic carbocycles. The highest BCUT2D eigenvalue weighted by Crippen LogP contribution is 2.09. The van der Waals surface area contributed by atoms with E-state index >= 15 is 0 Å². The number of benzene rings is 1. The Morgan fingerprint density at radius 3 is 2.65 bits per heavy atom. The van der Waals surface area contributed by atoms with Crippen LogP contribution in [0.15, 0.2) is 24.3 Å². The number of ether oxygens (including phenoxy) is 1. The fraction of sp³-hybridized carbons (Fsp3) is 0.308. The summed E-state index contributed by atoms with van der Waals surface area (Å²) < 4.78 is 4.87. The highest BCUT2D eigenvalue weighted by Gasteiger charge is 2.18. The van der Waals surface area contributed by atoms with Crippen molar-refractivity contribution in [2.45, 2.75) is 25.9 Å². The maximum atomic E-state index is 11.6. The van der Waals surface area contributed by atoms with Crippen molar-refractivity contribution < 1.29 is 19.1 Å². The van der Waals surface area contributed by atoms with Gasteiger partial charge >= 0.3 is 12.0 Å². The summed E-state index contributed by atoms with van der Waals surface area (Å²) in [5.41, 5.74) is 11.9. The van der Waals surface area contributed by atoms with Crippen molar-refractivity contribution in [2.75, 3.05) is 5.73 Å². The van der Waals surface area contributed by atoms with Gasteiger partial charge in [-0.1, -0.05) is 12.1 Å². The summed E-state index contributed by atoms with van der Waals surface area (Å²) in [5.74, 6) is -1.30. The molecular weight excluding hydrogens is 262 g/mol. The second kappa shape index (κ2) is 7.13. The Bertz CT molecular complexity index is 516. The average Bonchev–Trinajstić information content (AvgIpc) is 2.35. The van der Waals surface area contributed by atoms with Crippen LogP contribution in [0.25, 0.3) is 0 Å². The van der Waals surface area contributed by atoms with Crippen molar-refractivity contribution in [1.82, 2.24) is 5.32 Å². The summed E-state index contributed by atoms with van der Waals surface area (Å²) in [6, 6.07) is 6.15. The van der Waals surface area contributed by atoms with Crippen molar-refractivity contribution in [3.8, 4) is 0 Å². The molecule has 0 saturated heterocycles. The number of nitrogens with two attached hydrogens (primary N) is 2. The van der Waals surface area contributed by atoms with Gasteiger partial charge in [-0.05, 0) is 31.0 Å². The van der Waals surface area contributed by atoms with Gasteiger partial charge in [0.15, 0.2) is 6.10 Å². The number of nitrogen functional groups attached to an aromatic ring is 1. The largest absolute Gasteiger partial charge is 0.453 e. The molecule has 0 aliphatic heterocycles. The van der Waals surface area contributed by atoms with E-state index < -0.39 is 24.0 Å². The second-order valence-electron chi connectivity index (χ2n) is 4.23. The summed E-state index contributed by atoms with van der Waals surface area (Å²) in [6.07, 6.45) is -0.512. The normalized spacial score (nSPS) is 11.4. The Morgan fingerprint density at radius 1 is 1.35 bits per heavy atom. The molecule has 0 spiro atoms. The molecule has 5 N–H and O–H groups in total. The maximum Gasteiger partial charge on any atom is 0.318 e. The van der Waals surface area contributed by atoms with Crippen LogP contribution in [0.3, 0.4) is 0 Å². The molecular formula is C13H17N3O4. The van der Waals surface area contributed by atoms with Crippen LogP contribution in [-0.2, 0) is 20.7 Å². The number of hydrogen-bond donors (Lipinski definition) is 3. The standard InChI is InChI=1S/C13H17N3O4/c1-8(12(18)16-13(15)19)20-11(17)6-5-9-3-2-4-10(14)7-9/h2-4,7-8H,5-6,14H2,1H3,(H3,15,16,18,19). The summed E-state index contributed by atoms with van der Waals surface area (Å²) in [6.45, 7) is 1.36. The highest BCUT2D eigenvalue weighted by atomic mass is 16.5. The Hall–Kier alpha value is -2.57. The number of carbonyl (C=O) groups excluding carboxylic acids is 3. The summed E-state index contributed by atoms with van der Waals surface area (Å²) >= 11 is 0. The highest BCUT2D eigenvalue weighted by molar-refractivity contribution is 5.96. The molecule has 0 aliphatic rings. The number of anilines is 1. The number of esters is 1. The van der Waals surface area contributed by atoms with Gasteiger partial charge < -0.3 is 16.2 Å². The smallest absolute Gasteiger partial charge is 0.318 e. The molecule has 7 nitrogen and oxygen atoms in total. The Balaban J connectivity index is 2.40. The molecule has 7 heteroatoms. The van der Waals surface area contributed by atoms with Gasteiger partial charge in [-0.3, -0.25) is 14.9 Å². The fourth-order valence-corrected chi connectivity index (χ4v) is 1.53. The first-order valence-corrected chi connectivity index (χ1v) is 6.02. The molecule has 0 aliphatic carbocycles. The lowest BCUT2D eigenvalue weighted by atomic mass is 10.1. The van der Waals surface area contributed by atoms with E-state index in [1.165, 1.54) is 6.92 Å². The minimum Gasteiger partial charge on any atom is -0.453 e. The molecule has 1 unspecified atom stereocenters. The molecule has 1 rings (SSSR count). The van der Waals surface area contributed by atoms with Gasteiger partial charge in [-0.25, -0.2) is 4.79 Å². The Morgan fingerprint density at radius 2 is 2.05 bits per heavy atom. The van der Waals surface area contributed by atoms with Gasteiger partial charge in [-0.2, -0.15) is 0 Å². The number of primary amides is 1. The van der Waals surface area contributed by atoms with Crippen molar-refractivity contribution >= 4 is 23.6 Å². The summed E-state index contributed by atoms with van der Waals surface area (Å²) in [7, 11) is 0. The van der Waals surface area contributed by atoms with E-state index in [0.29, 0.717) is 12.1 Å². The third kappa shape index (κ3) is 5.38. The van der Waals surface area contributed by atoms with Crippen LogP contribution < -0.4 is 16.8 Å². The number of rotatable bonds is 5. The zero-order chi connectivity index (χ0) is 15.1. The van der Waals surface area contributed by atoms with E-state index in [9.17, 15) is 14.4 Å². The van der Waals surface area contributed by atoms with E-state index in [4.69, 9.17) is 16.2 Å². The van der Waals surface area contributed by atoms with Crippen LogP contribution in [0.5, 0.6) is 0 Å². The molecule has 1 atom stereocenters. The first kappa shape index (κ1) is 15.5. The quantitative estimate of drug-likeness (QED) is 0.529. The lowest BCUT2D eigenvalue weighted by Crippen LogP contribution is -2.42. The van der Waals surface area contributed by atoms with Gasteiger partial charge in [0.1, 0.15) is 0 Å². The Kier molecular flexibility index (Phi) is 5.52.